The summed E-state index contributed by atoms with van der Waals surface area (Å²) >= 11 is 6.06. The number of ether oxygens (including phenoxy) is 2. The normalized spacial score (nSPS) is 20.1. The highest BCUT2D eigenvalue weighted by atomic mass is 35.5. The van der Waals surface area contributed by atoms with E-state index in [0.717, 1.165) is 32.4 Å². The predicted octanol–water partition coefficient (Wildman–Crippen LogP) is 4.08. The lowest BCUT2D eigenvalue weighted by atomic mass is 9.91. The van der Waals surface area contributed by atoms with Crippen LogP contribution in [0.25, 0.3) is 0 Å². The van der Waals surface area contributed by atoms with Crippen molar-refractivity contribution in [3.8, 4) is 11.5 Å². The van der Waals surface area contributed by atoms with Gasteiger partial charge in [-0.2, -0.15) is 0 Å². The van der Waals surface area contributed by atoms with E-state index in [1.54, 1.807) is 0 Å². The van der Waals surface area contributed by atoms with Crippen LogP contribution in [0.2, 0.25) is 5.02 Å². The minimum atomic E-state index is -1.11. The van der Waals surface area contributed by atoms with Crippen molar-refractivity contribution in [2.24, 2.45) is 5.92 Å². The van der Waals surface area contributed by atoms with Gasteiger partial charge in [0.15, 0.2) is 11.5 Å². The molecule has 8 heteroatoms. The maximum absolute atomic E-state index is 11.4. The third kappa shape index (κ3) is 5.12. The molecule has 1 unspecified atom stereocenters. The number of halogens is 2. The van der Waals surface area contributed by atoms with E-state index in [4.69, 9.17) is 26.8 Å². The molecule has 0 aliphatic carbocycles. The van der Waals surface area contributed by atoms with Crippen molar-refractivity contribution in [1.82, 2.24) is 4.90 Å². The van der Waals surface area contributed by atoms with Gasteiger partial charge in [-0.1, -0.05) is 24.9 Å². The molecule has 1 aromatic rings. The van der Waals surface area contributed by atoms with Crippen LogP contribution in [-0.2, 0) is 0 Å². The summed E-state index contributed by atoms with van der Waals surface area (Å²) in [4.78, 5) is 13.9. The number of hydrogen-bond donors (Lipinski definition) is 2. The molecule has 0 spiro atoms. The van der Waals surface area contributed by atoms with Crippen molar-refractivity contribution in [3.05, 3.63) is 16.7 Å². The number of carboxylic acid groups (broad SMARTS) is 1. The van der Waals surface area contributed by atoms with E-state index in [-0.39, 0.29) is 46.3 Å². The van der Waals surface area contributed by atoms with Gasteiger partial charge < -0.3 is 25.2 Å². The number of nitrogen functional groups attached to an aromatic ring is 1. The van der Waals surface area contributed by atoms with Crippen molar-refractivity contribution in [3.63, 3.8) is 0 Å². The summed E-state index contributed by atoms with van der Waals surface area (Å²) < 4.78 is 11.7. The number of fused-ring (bicyclic) bond motifs is 1. The highest BCUT2D eigenvalue weighted by Crippen LogP contribution is 2.45. The SMILES string of the molecule is CCCCN1CCC(CC2COc3c(C(=O)O)cc(Cl)c(N)c3O2)CC1.Cl. The molecule has 3 rings (SSSR count). The Bertz CT molecular complexity index is 664. The second-order valence-electron chi connectivity index (χ2n) is 7.21. The van der Waals surface area contributed by atoms with Crippen molar-refractivity contribution >= 4 is 35.7 Å². The summed E-state index contributed by atoms with van der Waals surface area (Å²) in [6, 6.07) is 1.31. The van der Waals surface area contributed by atoms with Gasteiger partial charge in [-0.05, 0) is 57.3 Å². The minimum absolute atomic E-state index is 0. The van der Waals surface area contributed by atoms with Gasteiger partial charge in [-0.15, -0.1) is 12.4 Å². The van der Waals surface area contributed by atoms with E-state index in [0.29, 0.717) is 12.5 Å². The first-order valence-corrected chi connectivity index (χ1v) is 9.74. The first-order chi connectivity index (χ1) is 12.5. The molecule has 27 heavy (non-hydrogen) atoms. The van der Waals surface area contributed by atoms with E-state index in [2.05, 4.69) is 11.8 Å². The third-order valence-electron chi connectivity index (χ3n) is 5.28. The molecule has 0 aromatic heterocycles. The fourth-order valence-corrected chi connectivity index (χ4v) is 3.93. The molecule has 2 aliphatic heterocycles. The molecule has 1 saturated heterocycles. The van der Waals surface area contributed by atoms with Crippen LogP contribution in [0.15, 0.2) is 6.07 Å². The zero-order chi connectivity index (χ0) is 18.7. The Morgan fingerprint density at radius 1 is 1.37 bits per heavy atom. The maximum Gasteiger partial charge on any atom is 0.339 e. The molecule has 0 radical (unpaired) electrons. The molecule has 1 atom stereocenters. The molecule has 6 nitrogen and oxygen atoms in total. The van der Waals surface area contributed by atoms with Gasteiger partial charge in [0.2, 0.25) is 0 Å². The Hall–Kier alpha value is -1.37. The van der Waals surface area contributed by atoms with Crippen LogP contribution in [0.5, 0.6) is 11.5 Å². The summed E-state index contributed by atoms with van der Waals surface area (Å²) in [6.07, 6.45) is 5.55. The number of anilines is 1. The van der Waals surface area contributed by atoms with Gasteiger partial charge in [-0.3, -0.25) is 0 Å². The van der Waals surface area contributed by atoms with E-state index in [9.17, 15) is 9.90 Å². The molecule has 1 fully saturated rings. The Morgan fingerprint density at radius 2 is 2.07 bits per heavy atom. The first-order valence-electron chi connectivity index (χ1n) is 9.36. The van der Waals surface area contributed by atoms with Gasteiger partial charge in [-0.25, -0.2) is 4.79 Å². The molecular formula is C19H28Cl2N2O4. The number of carboxylic acids is 1. The largest absolute Gasteiger partial charge is 0.485 e. The average molecular weight is 419 g/mol. The fraction of sp³-hybridized carbons (Fsp3) is 0.632. The summed E-state index contributed by atoms with van der Waals surface area (Å²) in [5.41, 5.74) is 6.23. The first kappa shape index (κ1) is 21.9. The van der Waals surface area contributed by atoms with Crippen LogP contribution >= 0.6 is 24.0 Å². The average Bonchev–Trinajstić information content (AvgIpc) is 2.64. The number of carbonyl (C=O) groups is 1. The molecule has 0 bridgehead atoms. The molecular weight excluding hydrogens is 391 g/mol. The number of unbranched alkanes of at least 4 members (excludes halogenated alkanes) is 1. The molecule has 2 aliphatic rings. The number of hydrogen-bond acceptors (Lipinski definition) is 5. The second kappa shape index (κ2) is 9.71. The number of likely N-dealkylation sites (tertiary alicyclic amines) is 1. The number of aromatic carboxylic acids is 1. The second-order valence-corrected chi connectivity index (χ2v) is 7.62. The molecule has 0 amide bonds. The van der Waals surface area contributed by atoms with E-state index >= 15 is 0 Å². The van der Waals surface area contributed by atoms with Gasteiger partial charge in [0.1, 0.15) is 18.3 Å². The Labute approximate surface area is 171 Å². The number of benzene rings is 1. The fourth-order valence-electron chi connectivity index (χ4n) is 3.73. The van der Waals surface area contributed by atoms with Crippen molar-refractivity contribution in [1.29, 1.82) is 0 Å². The summed E-state index contributed by atoms with van der Waals surface area (Å²) in [5.74, 6) is -0.0661. The van der Waals surface area contributed by atoms with Crippen molar-refractivity contribution in [2.45, 2.75) is 45.1 Å². The highest BCUT2D eigenvalue weighted by Gasteiger charge is 2.31. The summed E-state index contributed by atoms with van der Waals surface area (Å²) in [6.45, 7) is 6.01. The lowest BCUT2D eigenvalue weighted by molar-refractivity contribution is 0.0551. The lowest BCUT2D eigenvalue weighted by Crippen LogP contribution is -2.38. The van der Waals surface area contributed by atoms with Gasteiger partial charge >= 0.3 is 5.97 Å². The van der Waals surface area contributed by atoms with Gasteiger partial charge in [0.05, 0.1) is 10.7 Å². The minimum Gasteiger partial charge on any atom is -0.485 e. The predicted molar refractivity (Wildman–Crippen MR) is 109 cm³/mol. The molecule has 2 heterocycles. The van der Waals surface area contributed by atoms with Crippen LogP contribution in [0.4, 0.5) is 5.69 Å². The quantitative estimate of drug-likeness (QED) is 0.676. The van der Waals surface area contributed by atoms with Crippen LogP contribution in [0.1, 0.15) is 49.4 Å². The smallest absolute Gasteiger partial charge is 0.339 e. The Kier molecular flexibility index (Phi) is 7.89. The Morgan fingerprint density at radius 3 is 2.70 bits per heavy atom. The maximum atomic E-state index is 11.4. The number of rotatable bonds is 6. The van der Waals surface area contributed by atoms with E-state index < -0.39 is 5.97 Å². The lowest BCUT2D eigenvalue weighted by Gasteiger charge is -2.35. The monoisotopic (exact) mass is 418 g/mol. The van der Waals surface area contributed by atoms with Crippen LogP contribution in [0.3, 0.4) is 0 Å². The van der Waals surface area contributed by atoms with Crippen molar-refractivity contribution < 1.29 is 19.4 Å². The van der Waals surface area contributed by atoms with Crippen LogP contribution in [0, 0.1) is 5.92 Å². The topological polar surface area (TPSA) is 85.0 Å². The zero-order valence-corrected chi connectivity index (χ0v) is 17.2. The third-order valence-corrected chi connectivity index (χ3v) is 5.60. The molecule has 3 N–H and O–H groups in total. The highest BCUT2D eigenvalue weighted by molar-refractivity contribution is 6.34. The summed E-state index contributed by atoms with van der Waals surface area (Å²) in [7, 11) is 0. The van der Waals surface area contributed by atoms with E-state index in [1.165, 1.54) is 25.5 Å². The van der Waals surface area contributed by atoms with Crippen LogP contribution < -0.4 is 15.2 Å². The van der Waals surface area contributed by atoms with E-state index in [1.807, 2.05) is 0 Å². The standard InChI is InChI=1S/C19H27ClN2O4.ClH/c1-2-3-6-22-7-4-12(5-8-22)9-13-11-25-17-14(19(23)24)10-15(20)16(21)18(17)26-13;/h10,12-13H,2-9,11,21H2,1H3,(H,23,24);1H. The molecule has 1 aromatic carbocycles. The van der Waals surface area contributed by atoms with Crippen LogP contribution in [-0.4, -0.2) is 48.3 Å². The number of piperidine rings is 1. The van der Waals surface area contributed by atoms with Crippen molar-refractivity contribution in [2.75, 3.05) is 32.0 Å². The zero-order valence-electron chi connectivity index (χ0n) is 15.6. The summed E-state index contributed by atoms with van der Waals surface area (Å²) in [5, 5.41) is 9.51. The molecule has 0 saturated carbocycles. The van der Waals surface area contributed by atoms with Gasteiger partial charge in [0.25, 0.3) is 0 Å². The van der Waals surface area contributed by atoms with Gasteiger partial charge in [0, 0.05) is 0 Å². The number of nitrogens with zero attached hydrogens (tertiary/aromatic N) is 1. The molecule has 152 valence electrons. The Balaban J connectivity index is 0.00000261. The number of nitrogens with two attached hydrogens (primary N) is 1.